The number of ether oxygens (including phenoxy) is 2. The Balaban J connectivity index is 1.51. The molecule has 0 saturated carbocycles. The molecule has 2 fully saturated rings. The molecule has 2 saturated heterocycles. The van der Waals surface area contributed by atoms with Gasteiger partial charge in [-0.2, -0.15) is 0 Å². The first-order valence-corrected chi connectivity index (χ1v) is 14.6. The minimum absolute atomic E-state index is 0.0363. The predicted octanol–water partition coefficient (Wildman–Crippen LogP) is 2.81. The maximum atomic E-state index is 13.7. The van der Waals surface area contributed by atoms with E-state index in [-0.39, 0.29) is 57.2 Å². The molecule has 2 aliphatic heterocycles. The van der Waals surface area contributed by atoms with Crippen LogP contribution in [0.25, 0.3) is 11.4 Å². The summed E-state index contributed by atoms with van der Waals surface area (Å²) in [4.78, 5) is 69.5. The highest BCUT2D eigenvalue weighted by Crippen LogP contribution is 2.24. The van der Waals surface area contributed by atoms with Crippen LogP contribution in [0.5, 0.6) is 0 Å². The lowest BCUT2D eigenvalue weighted by atomic mass is 10.1. The van der Waals surface area contributed by atoms with Gasteiger partial charge in [0.05, 0.1) is 19.7 Å². The third-order valence-corrected chi connectivity index (χ3v) is 6.83. The normalized spacial score (nSPS) is 16.1. The number of rotatable bonds is 10. The van der Waals surface area contributed by atoms with E-state index in [1.54, 1.807) is 38.7 Å². The molecule has 1 aromatic heterocycles. The topological polar surface area (TPSA) is 144 Å². The van der Waals surface area contributed by atoms with Crippen LogP contribution in [0, 0.1) is 0 Å². The minimum Gasteiger partial charge on any atom is -0.460 e. The quantitative estimate of drug-likeness (QED) is 0.405. The molecule has 3 heterocycles. The molecule has 0 unspecified atom stereocenters. The van der Waals surface area contributed by atoms with Gasteiger partial charge in [0.25, 0.3) is 5.91 Å². The van der Waals surface area contributed by atoms with Gasteiger partial charge in [-0.25, -0.2) is 14.8 Å². The van der Waals surface area contributed by atoms with Crippen LogP contribution >= 0.6 is 0 Å². The van der Waals surface area contributed by atoms with Crippen LogP contribution in [0.4, 0.5) is 10.6 Å². The molecule has 43 heavy (non-hydrogen) atoms. The molecule has 0 radical (unpaired) electrons. The summed E-state index contributed by atoms with van der Waals surface area (Å²) in [5.74, 6) is -0.328. The molecular weight excluding hydrogens is 556 g/mol. The summed E-state index contributed by atoms with van der Waals surface area (Å²) >= 11 is 0. The number of carbonyl (C=O) groups is 4. The van der Waals surface area contributed by atoms with E-state index in [1.807, 2.05) is 30.3 Å². The van der Waals surface area contributed by atoms with Crippen molar-refractivity contribution in [2.24, 2.45) is 0 Å². The van der Waals surface area contributed by atoms with Crippen molar-refractivity contribution < 1.29 is 33.5 Å². The lowest BCUT2D eigenvalue weighted by molar-refractivity contribution is -0.158. The van der Waals surface area contributed by atoms with Gasteiger partial charge in [0, 0.05) is 44.2 Å². The van der Waals surface area contributed by atoms with Crippen molar-refractivity contribution in [2.75, 3.05) is 50.8 Å². The van der Waals surface area contributed by atoms with Crippen molar-refractivity contribution in [3.63, 3.8) is 0 Å². The molecule has 4 rings (SSSR count). The van der Waals surface area contributed by atoms with Crippen LogP contribution in [-0.4, -0.2) is 101 Å². The highest BCUT2D eigenvalue weighted by molar-refractivity contribution is 5.97. The van der Waals surface area contributed by atoms with Gasteiger partial charge in [-0.15, -0.1) is 5.06 Å². The lowest BCUT2D eigenvalue weighted by Crippen LogP contribution is -2.55. The molecule has 13 nitrogen and oxygen atoms in total. The Morgan fingerprint density at radius 3 is 2.28 bits per heavy atom. The van der Waals surface area contributed by atoms with E-state index < -0.39 is 29.7 Å². The van der Waals surface area contributed by atoms with E-state index in [1.165, 1.54) is 5.06 Å². The Morgan fingerprint density at radius 2 is 1.67 bits per heavy atom. The number of amides is 2. The average Bonchev–Trinajstić information content (AvgIpc) is 2.94. The van der Waals surface area contributed by atoms with Crippen molar-refractivity contribution in [2.45, 2.75) is 58.6 Å². The number of esters is 1. The van der Waals surface area contributed by atoms with Gasteiger partial charge in [0.1, 0.15) is 23.2 Å². The zero-order chi connectivity index (χ0) is 31.0. The second-order valence-corrected chi connectivity index (χ2v) is 11.3. The molecule has 1 atom stereocenters. The van der Waals surface area contributed by atoms with Gasteiger partial charge >= 0.3 is 12.1 Å². The molecule has 2 aliphatic rings. The molecule has 1 N–H and O–H groups in total. The Kier molecular flexibility index (Phi) is 10.5. The fourth-order valence-electron chi connectivity index (χ4n) is 4.59. The summed E-state index contributed by atoms with van der Waals surface area (Å²) < 4.78 is 10.2. The number of nitrogens with one attached hydrogen (secondary N) is 1. The largest absolute Gasteiger partial charge is 0.527 e. The average molecular weight is 597 g/mol. The van der Waals surface area contributed by atoms with Crippen molar-refractivity contribution >= 4 is 29.8 Å². The number of piperazine rings is 1. The second kappa shape index (κ2) is 14.3. The fraction of sp³-hybridized carbons (Fsp3) is 0.533. The number of carbonyl (C=O) groups excluding carboxylic acids is 4. The van der Waals surface area contributed by atoms with Gasteiger partial charge in [0.15, 0.2) is 5.82 Å². The smallest absolute Gasteiger partial charge is 0.460 e. The van der Waals surface area contributed by atoms with Gasteiger partial charge in [-0.1, -0.05) is 30.3 Å². The van der Waals surface area contributed by atoms with E-state index in [0.717, 1.165) is 25.1 Å². The number of hydroxylamine groups is 2. The number of anilines is 1. The monoisotopic (exact) mass is 596 g/mol. The van der Waals surface area contributed by atoms with Gasteiger partial charge in [-0.05, 0) is 40.5 Å². The highest BCUT2D eigenvalue weighted by atomic mass is 16.8. The predicted molar refractivity (Wildman–Crippen MR) is 157 cm³/mol. The van der Waals surface area contributed by atoms with Crippen LogP contribution in [0.1, 0.15) is 57.4 Å². The number of aromatic nitrogens is 2. The van der Waals surface area contributed by atoms with Gasteiger partial charge in [-0.3, -0.25) is 14.4 Å². The number of hydrogen-bond acceptors (Lipinski definition) is 11. The number of nitrogens with zero attached hydrogens (tertiary/aromatic N) is 5. The summed E-state index contributed by atoms with van der Waals surface area (Å²) in [5.41, 5.74) is 0.204. The molecule has 0 bridgehead atoms. The SMILES string of the molecule is CCOC(=O)ON1CCN(C(=O)[C@H](CCC(=O)OC(C)(C)C)NC(=O)c2cc(N3CCC3)nc(-c3ccccc3)n2)CC1. The summed E-state index contributed by atoms with van der Waals surface area (Å²) in [5, 5.41) is 4.25. The third-order valence-electron chi connectivity index (χ3n) is 6.83. The first-order valence-electron chi connectivity index (χ1n) is 14.6. The van der Waals surface area contributed by atoms with Crippen molar-refractivity contribution in [1.82, 2.24) is 25.2 Å². The van der Waals surface area contributed by atoms with E-state index >= 15 is 0 Å². The summed E-state index contributed by atoms with van der Waals surface area (Å²) in [7, 11) is 0. The van der Waals surface area contributed by atoms with Crippen molar-refractivity contribution in [3.05, 3.63) is 42.1 Å². The Hall–Kier alpha value is -4.26. The fourth-order valence-corrected chi connectivity index (χ4v) is 4.59. The molecule has 0 aliphatic carbocycles. The molecule has 0 spiro atoms. The third kappa shape index (κ3) is 9.11. The Morgan fingerprint density at radius 1 is 0.977 bits per heavy atom. The number of hydrogen-bond donors (Lipinski definition) is 1. The molecule has 1 aromatic carbocycles. The minimum atomic E-state index is -1.01. The summed E-state index contributed by atoms with van der Waals surface area (Å²) in [6.45, 7) is 9.86. The van der Waals surface area contributed by atoms with E-state index in [0.29, 0.717) is 11.6 Å². The summed E-state index contributed by atoms with van der Waals surface area (Å²) in [6.07, 6.45) is 0.195. The molecule has 2 aromatic rings. The standard InChI is InChI=1S/C30H40N6O7/c1-5-41-29(40)43-36-18-16-35(17-19-36)28(39)22(12-13-25(37)42-30(2,3)4)32-27(38)23-20-24(34-14-9-15-34)33-26(31-23)21-10-7-6-8-11-21/h6-8,10-11,20,22H,5,9,12-19H2,1-4H3,(H,32,38)/t22-/m0/s1. The van der Waals surface area contributed by atoms with Crippen LogP contribution in [0.2, 0.25) is 0 Å². The number of benzene rings is 1. The molecule has 232 valence electrons. The maximum Gasteiger partial charge on any atom is 0.527 e. The van der Waals surface area contributed by atoms with Gasteiger partial charge < -0.3 is 29.4 Å². The van der Waals surface area contributed by atoms with Crippen LogP contribution in [0.3, 0.4) is 0 Å². The van der Waals surface area contributed by atoms with E-state index in [4.69, 9.17) is 14.3 Å². The molecule has 13 heteroatoms. The Labute approximate surface area is 251 Å². The Bertz CT molecular complexity index is 1290. The van der Waals surface area contributed by atoms with Crippen molar-refractivity contribution in [1.29, 1.82) is 0 Å². The zero-order valence-electron chi connectivity index (χ0n) is 25.2. The van der Waals surface area contributed by atoms with E-state index in [9.17, 15) is 19.2 Å². The van der Waals surface area contributed by atoms with Crippen LogP contribution < -0.4 is 10.2 Å². The van der Waals surface area contributed by atoms with Crippen LogP contribution in [0.15, 0.2) is 36.4 Å². The first-order chi connectivity index (χ1) is 20.5. The van der Waals surface area contributed by atoms with E-state index in [2.05, 4.69) is 20.2 Å². The lowest BCUT2D eigenvalue weighted by Gasteiger charge is -2.35. The van der Waals surface area contributed by atoms with Crippen molar-refractivity contribution in [3.8, 4) is 11.4 Å². The molecule has 2 amide bonds. The van der Waals surface area contributed by atoms with Crippen LogP contribution in [-0.2, 0) is 23.9 Å². The highest BCUT2D eigenvalue weighted by Gasteiger charge is 2.32. The maximum absolute atomic E-state index is 13.7. The summed E-state index contributed by atoms with van der Waals surface area (Å²) in [6, 6.07) is 9.99. The molecular formula is C30H40N6O7. The van der Waals surface area contributed by atoms with Gasteiger partial charge in [0.2, 0.25) is 5.91 Å². The first kappa shape index (κ1) is 31.7. The second-order valence-electron chi connectivity index (χ2n) is 11.3. The zero-order valence-corrected chi connectivity index (χ0v) is 25.2.